The standard InChI is InChI=1S/C14H24N4O3/c1-5-18(6-2)12(19)7-8-15-9-11-13(20-3)16-10-17-14(11)21-4/h10,15H,5-9H2,1-4H3. The summed E-state index contributed by atoms with van der Waals surface area (Å²) in [6, 6.07) is 0. The molecular weight excluding hydrogens is 272 g/mol. The highest BCUT2D eigenvalue weighted by molar-refractivity contribution is 5.76. The minimum atomic E-state index is 0.149. The van der Waals surface area contributed by atoms with Crippen LogP contribution >= 0.6 is 0 Å². The molecule has 1 amide bonds. The fourth-order valence-electron chi connectivity index (χ4n) is 2.03. The smallest absolute Gasteiger partial charge is 0.224 e. The van der Waals surface area contributed by atoms with Crippen molar-refractivity contribution in [1.29, 1.82) is 0 Å². The molecule has 1 aromatic heterocycles. The maximum atomic E-state index is 11.9. The molecule has 0 spiro atoms. The molecule has 0 radical (unpaired) electrons. The molecule has 0 saturated heterocycles. The second-order valence-corrected chi connectivity index (χ2v) is 4.36. The van der Waals surface area contributed by atoms with Crippen LogP contribution in [0.15, 0.2) is 6.33 Å². The van der Waals surface area contributed by atoms with E-state index in [1.807, 2.05) is 18.7 Å². The molecule has 7 nitrogen and oxygen atoms in total. The maximum absolute atomic E-state index is 11.9. The highest BCUT2D eigenvalue weighted by atomic mass is 16.5. The molecule has 21 heavy (non-hydrogen) atoms. The molecule has 0 aliphatic rings. The quantitative estimate of drug-likeness (QED) is 0.681. The summed E-state index contributed by atoms with van der Waals surface area (Å²) < 4.78 is 10.4. The van der Waals surface area contributed by atoms with Gasteiger partial charge in [-0.1, -0.05) is 0 Å². The van der Waals surface area contributed by atoms with Crippen LogP contribution in [0.1, 0.15) is 25.8 Å². The third kappa shape index (κ3) is 4.86. The molecule has 118 valence electrons. The maximum Gasteiger partial charge on any atom is 0.224 e. The third-order valence-corrected chi connectivity index (χ3v) is 3.19. The van der Waals surface area contributed by atoms with Gasteiger partial charge in [0.15, 0.2) is 0 Å². The number of ether oxygens (including phenoxy) is 2. The van der Waals surface area contributed by atoms with Crippen LogP contribution in [-0.4, -0.2) is 54.6 Å². The Balaban J connectivity index is 2.51. The van der Waals surface area contributed by atoms with Gasteiger partial charge in [-0.05, 0) is 13.8 Å². The van der Waals surface area contributed by atoms with Gasteiger partial charge in [-0.15, -0.1) is 0 Å². The van der Waals surface area contributed by atoms with E-state index in [1.54, 1.807) is 14.2 Å². The number of aromatic nitrogens is 2. The van der Waals surface area contributed by atoms with Crippen LogP contribution in [0.5, 0.6) is 11.8 Å². The summed E-state index contributed by atoms with van der Waals surface area (Å²) in [5.74, 6) is 1.10. The van der Waals surface area contributed by atoms with Crippen molar-refractivity contribution in [2.45, 2.75) is 26.8 Å². The zero-order valence-corrected chi connectivity index (χ0v) is 13.2. The van der Waals surface area contributed by atoms with E-state index in [4.69, 9.17) is 9.47 Å². The Morgan fingerprint density at radius 1 is 1.19 bits per heavy atom. The zero-order valence-electron chi connectivity index (χ0n) is 13.2. The van der Waals surface area contributed by atoms with E-state index in [1.165, 1.54) is 6.33 Å². The molecule has 0 bridgehead atoms. The first-order chi connectivity index (χ1) is 10.2. The van der Waals surface area contributed by atoms with Crippen LogP contribution in [0, 0.1) is 0 Å². The molecule has 0 aliphatic heterocycles. The SMILES string of the molecule is CCN(CC)C(=O)CCNCc1c(OC)ncnc1OC. The number of carbonyl (C=O) groups excluding carboxylic acids is 1. The van der Waals surface area contributed by atoms with Gasteiger partial charge in [0.05, 0.1) is 19.8 Å². The van der Waals surface area contributed by atoms with Crippen molar-refractivity contribution in [3.05, 3.63) is 11.9 Å². The summed E-state index contributed by atoms with van der Waals surface area (Å²) in [5.41, 5.74) is 0.748. The molecule has 0 unspecified atom stereocenters. The topological polar surface area (TPSA) is 76.6 Å². The van der Waals surface area contributed by atoms with Gasteiger partial charge in [-0.25, -0.2) is 9.97 Å². The van der Waals surface area contributed by atoms with Gasteiger partial charge in [-0.2, -0.15) is 0 Å². The number of nitrogens with zero attached hydrogens (tertiary/aromatic N) is 3. The molecule has 1 heterocycles. The predicted octanol–water partition coefficient (Wildman–Crippen LogP) is 0.842. The summed E-state index contributed by atoms with van der Waals surface area (Å²) >= 11 is 0. The fraction of sp³-hybridized carbons (Fsp3) is 0.643. The lowest BCUT2D eigenvalue weighted by Crippen LogP contribution is -2.32. The first kappa shape index (κ1) is 17.2. The molecule has 0 aliphatic carbocycles. The van der Waals surface area contributed by atoms with Crippen LogP contribution < -0.4 is 14.8 Å². The Kier molecular flexibility index (Phi) is 7.45. The summed E-state index contributed by atoms with van der Waals surface area (Å²) in [7, 11) is 3.10. The monoisotopic (exact) mass is 296 g/mol. The molecule has 0 aromatic carbocycles. The lowest BCUT2D eigenvalue weighted by Gasteiger charge is -2.18. The molecule has 0 fully saturated rings. The predicted molar refractivity (Wildman–Crippen MR) is 79.4 cm³/mol. The third-order valence-electron chi connectivity index (χ3n) is 3.19. The summed E-state index contributed by atoms with van der Waals surface area (Å²) in [6.45, 7) is 6.50. The number of amides is 1. The molecule has 1 N–H and O–H groups in total. The van der Waals surface area contributed by atoms with E-state index < -0.39 is 0 Å². The largest absolute Gasteiger partial charge is 0.481 e. The Morgan fingerprint density at radius 2 is 1.76 bits per heavy atom. The highest BCUT2D eigenvalue weighted by Gasteiger charge is 2.13. The lowest BCUT2D eigenvalue weighted by molar-refractivity contribution is -0.130. The fourth-order valence-corrected chi connectivity index (χ4v) is 2.03. The first-order valence-corrected chi connectivity index (χ1v) is 7.08. The van der Waals surface area contributed by atoms with Gasteiger partial charge < -0.3 is 19.7 Å². The second-order valence-electron chi connectivity index (χ2n) is 4.36. The zero-order chi connectivity index (χ0) is 15.7. The van der Waals surface area contributed by atoms with Gasteiger partial charge in [0.1, 0.15) is 6.33 Å². The lowest BCUT2D eigenvalue weighted by atomic mass is 10.3. The Hall–Kier alpha value is -1.89. The molecular formula is C14H24N4O3. The summed E-state index contributed by atoms with van der Waals surface area (Å²) in [6.07, 6.45) is 1.85. The highest BCUT2D eigenvalue weighted by Crippen LogP contribution is 2.22. The van der Waals surface area contributed by atoms with Crippen LogP contribution in [0.2, 0.25) is 0 Å². The van der Waals surface area contributed by atoms with Crippen molar-refractivity contribution in [2.24, 2.45) is 0 Å². The molecule has 0 saturated carbocycles. The molecule has 7 heteroatoms. The van der Waals surface area contributed by atoms with Crippen molar-refractivity contribution in [2.75, 3.05) is 33.9 Å². The number of hydrogen-bond acceptors (Lipinski definition) is 6. The van der Waals surface area contributed by atoms with Crippen molar-refractivity contribution in [1.82, 2.24) is 20.2 Å². The van der Waals surface area contributed by atoms with E-state index in [2.05, 4.69) is 15.3 Å². The van der Waals surface area contributed by atoms with Gasteiger partial charge in [0, 0.05) is 32.6 Å². The minimum Gasteiger partial charge on any atom is -0.481 e. The van der Waals surface area contributed by atoms with Gasteiger partial charge >= 0.3 is 0 Å². The van der Waals surface area contributed by atoms with E-state index in [9.17, 15) is 4.79 Å². The average molecular weight is 296 g/mol. The van der Waals surface area contributed by atoms with Gasteiger partial charge in [-0.3, -0.25) is 4.79 Å². The van der Waals surface area contributed by atoms with Crippen LogP contribution in [0.3, 0.4) is 0 Å². The van der Waals surface area contributed by atoms with Gasteiger partial charge in [0.2, 0.25) is 17.7 Å². The number of hydrogen-bond donors (Lipinski definition) is 1. The molecule has 1 rings (SSSR count). The van der Waals surface area contributed by atoms with Crippen molar-refractivity contribution in [3.8, 4) is 11.8 Å². The Labute approximate surface area is 125 Å². The second kappa shape index (κ2) is 9.12. The Morgan fingerprint density at radius 3 is 2.24 bits per heavy atom. The molecule has 0 atom stereocenters. The van der Waals surface area contributed by atoms with Crippen LogP contribution in [0.4, 0.5) is 0 Å². The van der Waals surface area contributed by atoms with Crippen LogP contribution in [-0.2, 0) is 11.3 Å². The van der Waals surface area contributed by atoms with Crippen molar-refractivity contribution < 1.29 is 14.3 Å². The van der Waals surface area contributed by atoms with E-state index in [0.717, 1.165) is 18.7 Å². The first-order valence-electron chi connectivity index (χ1n) is 7.08. The number of nitrogens with one attached hydrogen (secondary N) is 1. The average Bonchev–Trinajstić information content (AvgIpc) is 2.52. The normalized spacial score (nSPS) is 10.3. The van der Waals surface area contributed by atoms with Crippen molar-refractivity contribution >= 4 is 5.91 Å². The number of methoxy groups -OCH3 is 2. The minimum absolute atomic E-state index is 0.149. The van der Waals surface area contributed by atoms with E-state index in [-0.39, 0.29) is 5.91 Å². The van der Waals surface area contributed by atoms with E-state index in [0.29, 0.717) is 31.3 Å². The number of carbonyl (C=O) groups is 1. The van der Waals surface area contributed by atoms with Crippen molar-refractivity contribution in [3.63, 3.8) is 0 Å². The van der Waals surface area contributed by atoms with E-state index >= 15 is 0 Å². The summed E-state index contributed by atoms with van der Waals surface area (Å²) in [5, 5.41) is 3.20. The molecule has 1 aromatic rings. The Bertz CT molecular complexity index is 428. The summed E-state index contributed by atoms with van der Waals surface area (Å²) in [4.78, 5) is 21.8. The van der Waals surface area contributed by atoms with Crippen LogP contribution in [0.25, 0.3) is 0 Å². The number of rotatable bonds is 9. The van der Waals surface area contributed by atoms with Gasteiger partial charge in [0.25, 0.3) is 0 Å².